The molecule has 0 radical (unpaired) electrons. The van der Waals surface area contributed by atoms with Gasteiger partial charge in [-0.25, -0.2) is 0 Å². The van der Waals surface area contributed by atoms with Crippen LogP contribution in [0.25, 0.3) is 0 Å². The molecule has 2 aliphatic heterocycles. The number of benzene rings is 2. The molecule has 142 valence electrons. The fraction of sp³-hybridized carbons (Fsp3) is 0.409. The second kappa shape index (κ2) is 8.89. The van der Waals surface area contributed by atoms with Gasteiger partial charge in [0.25, 0.3) is 0 Å². The Labute approximate surface area is 169 Å². The van der Waals surface area contributed by atoms with Crippen LogP contribution in [0.3, 0.4) is 0 Å². The van der Waals surface area contributed by atoms with Crippen LogP contribution in [0.4, 0.5) is 0 Å². The SMILES string of the molecule is Brc1ccc2c(c1)OC(CN1CCC(C/N=C/c3ccccc3)CC1)CO2. The lowest BCUT2D eigenvalue weighted by Gasteiger charge is -2.35. The maximum Gasteiger partial charge on any atom is 0.162 e. The van der Waals surface area contributed by atoms with Crippen molar-refractivity contribution >= 4 is 22.1 Å². The fourth-order valence-corrected chi connectivity index (χ4v) is 4.01. The van der Waals surface area contributed by atoms with Gasteiger partial charge in [-0.3, -0.25) is 9.89 Å². The summed E-state index contributed by atoms with van der Waals surface area (Å²) in [6, 6.07) is 16.2. The molecule has 2 aromatic carbocycles. The summed E-state index contributed by atoms with van der Waals surface area (Å²) < 4.78 is 13.0. The third kappa shape index (κ3) is 5.11. The Morgan fingerprint density at radius 3 is 2.70 bits per heavy atom. The molecule has 4 rings (SSSR count). The van der Waals surface area contributed by atoms with E-state index in [2.05, 4.69) is 38.0 Å². The molecule has 2 aromatic rings. The van der Waals surface area contributed by atoms with Crippen LogP contribution in [0.1, 0.15) is 18.4 Å². The minimum atomic E-state index is 0.0967. The molecule has 0 saturated carbocycles. The Morgan fingerprint density at radius 2 is 1.89 bits per heavy atom. The second-order valence-corrected chi connectivity index (χ2v) is 8.21. The highest BCUT2D eigenvalue weighted by Gasteiger charge is 2.26. The van der Waals surface area contributed by atoms with Crippen LogP contribution in [-0.4, -0.2) is 50.0 Å². The molecule has 0 spiro atoms. The van der Waals surface area contributed by atoms with Crippen LogP contribution in [0, 0.1) is 5.92 Å². The number of halogens is 1. The van der Waals surface area contributed by atoms with Gasteiger partial charge in [0, 0.05) is 23.8 Å². The molecule has 0 aliphatic carbocycles. The highest BCUT2D eigenvalue weighted by molar-refractivity contribution is 9.10. The molecule has 5 heteroatoms. The molecule has 1 atom stereocenters. The Kier molecular flexibility index (Phi) is 6.10. The van der Waals surface area contributed by atoms with Crippen LogP contribution in [0.15, 0.2) is 58.0 Å². The summed E-state index contributed by atoms with van der Waals surface area (Å²) in [6.45, 7) is 4.68. The van der Waals surface area contributed by atoms with Gasteiger partial charge < -0.3 is 9.47 Å². The lowest BCUT2D eigenvalue weighted by molar-refractivity contribution is 0.0482. The van der Waals surface area contributed by atoms with Crippen molar-refractivity contribution in [2.75, 3.05) is 32.8 Å². The molecule has 1 saturated heterocycles. The average Bonchev–Trinajstić information content (AvgIpc) is 2.70. The van der Waals surface area contributed by atoms with Gasteiger partial charge in [0.1, 0.15) is 12.7 Å². The van der Waals surface area contributed by atoms with Crippen molar-refractivity contribution in [1.82, 2.24) is 4.90 Å². The molecule has 4 nitrogen and oxygen atoms in total. The molecular weight excluding hydrogens is 404 g/mol. The first-order valence-electron chi connectivity index (χ1n) is 9.62. The summed E-state index contributed by atoms with van der Waals surface area (Å²) in [5.41, 5.74) is 1.18. The molecule has 0 N–H and O–H groups in total. The Morgan fingerprint density at radius 1 is 1.07 bits per heavy atom. The minimum absolute atomic E-state index is 0.0967. The summed E-state index contributed by atoms with van der Waals surface area (Å²) in [7, 11) is 0. The zero-order valence-electron chi connectivity index (χ0n) is 15.4. The molecule has 1 unspecified atom stereocenters. The van der Waals surface area contributed by atoms with Crippen molar-refractivity contribution < 1.29 is 9.47 Å². The number of hydrogen-bond acceptors (Lipinski definition) is 4. The Bertz CT molecular complexity index is 773. The van der Waals surface area contributed by atoms with E-state index in [4.69, 9.17) is 9.47 Å². The predicted octanol–water partition coefficient (Wildman–Crippen LogP) is 4.42. The third-order valence-corrected chi connectivity index (χ3v) is 5.69. The summed E-state index contributed by atoms with van der Waals surface area (Å²) in [5.74, 6) is 2.36. The van der Waals surface area contributed by atoms with Crippen LogP contribution < -0.4 is 9.47 Å². The van der Waals surface area contributed by atoms with Gasteiger partial charge in [-0.2, -0.15) is 0 Å². The van der Waals surface area contributed by atoms with Crippen LogP contribution in [0.5, 0.6) is 11.5 Å². The zero-order valence-corrected chi connectivity index (χ0v) is 17.0. The van der Waals surface area contributed by atoms with Crippen LogP contribution >= 0.6 is 15.9 Å². The van der Waals surface area contributed by atoms with Gasteiger partial charge in [-0.1, -0.05) is 46.3 Å². The van der Waals surface area contributed by atoms with E-state index >= 15 is 0 Å². The lowest BCUT2D eigenvalue weighted by Crippen LogP contribution is -2.44. The predicted molar refractivity (Wildman–Crippen MR) is 112 cm³/mol. The standard InChI is InChI=1S/C22H25BrN2O2/c23-19-6-7-21-22(12-19)27-20(16-26-21)15-25-10-8-18(9-11-25)14-24-13-17-4-2-1-3-5-17/h1-7,12-13,18,20H,8-11,14-16H2/b24-13+. The van der Waals surface area contributed by atoms with E-state index in [1.165, 1.54) is 18.4 Å². The first-order valence-corrected chi connectivity index (χ1v) is 10.4. The van der Waals surface area contributed by atoms with E-state index in [1.807, 2.05) is 42.6 Å². The van der Waals surface area contributed by atoms with Crippen LogP contribution in [-0.2, 0) is 0 Å². The topological polar surface area (TPSA) is 34.1 Å². The van der Waals surface area contributed by atoms with E-state index in [0.29, 0.717) is 12.5 Å². The summed E-state index contributed by atoms with van der Waals surface area (Å²) >= 11 is 3.49. The molecular formula is C22H25BrN2O2. The number of piperidine rings is 1. The van der Waals surface area contributed by atoms with E-state index < -0.39 is 0 Å². The number of aliphatic imine (C=N–C) groups is 1. The third-order valence-electron chi connectivity index (χ3n) is 5.20. The van der Waals surface area contributed by atoms with Crippen LogP contribution in [0.2, 0.25) is 0 Å². The minimum Gasteiger partial charge on any atom is -0.486 e. The highest BCUT2D eigenvalue weighted by atomic mass is 79.9. The van der Waals surface area contributed by atoms with E-state index in [-0.39, 0.29) is 6.10 Å². The monoisotopic (exact) mass is 428 g/mol. The summed E-state index contributed by atoms with van der Waals surface area (Å²) in [5, 5.41) is 0. The molecule has 0 amide bonds. The quantitative estimate of drug-likeness (QED) is 0.660. The Balaban J connectivity index is 1.21. The first-order chi connectivity index (χ1) is 13.3. The van der Waals surface area contributed by atoms with Gasteiger partial charge in [-0.15, -0.1) is 0 Å². The molecule has 2 aliphatic rings. The number of ether oxygens (including phenoxy) is 2. The van der Waals surface area contributed by atoms with Crippen molar-refractivity contribution in [2.45, 2.75) is 18.9 Å². The molecule has 1 fully saturated rings. The van der Waals surface area contributed by atoms with Crippen molar-refractivity contribution in [1.29, 1.82) is 0 Å². The second-order valence-electron chi connectivity index (χ2n) is 7.29. The Hall–Kier alpha value is -1.85. The lowest BCUT2D eigenvalue weighted by atomic mass is 9.97. The van der Waals surface area contributed by atoms with Crippen molar-refractivity contribution in [3.8, 4) is 11.5 Å². The van der Waals surface area contributed by atoms with Crippen molar-refractivity contribution in [3.05, 3.63) is 58.6 Å². The smallest absolute Gasteiger partial charge is 0.162 e. The number of rotatable bonds is 5. The first kappa shape index (κ1) is 18.5. The van der Waals surface area contributed by atoms with Crippen molar-refractivity contribution in [3.63, 3.8) is 0 Å². The largest absolute Gasteiger partial charge is 0.486 e. The molecule has 0 aromatic heterocycles. The van der Waals surface area contributed by atoms with E-state index in [1.54, 1.807) is 0 Å². The maximum absolute atomic E-state index is 6.14. The fourth-order valence-electron chi connectivity index (χ4n) is 3.67. The average molecular weight is 429 g/mol. The van der Waals surface area contributed by atoms with Gasteiger partial charge in [0.05, 0.1) is 0 Å². The summed E-state index contributed by atoms with van der Waals surface area (Å²) in [4.78, 5) is 7.14. The number of fused-ring (bicyclic) bond motifs is 1. The summed E-state index contributed by atoms with van der Waals surface area (Å²) in [6.07, 6.45) is 4.48. The number of likely N-dealkylation sites (tertiary alicyclic amines) is 1. The maximum atomic E-state index is 6.14. The highest BCUT2D eigenvalue weighted by Crippen LogP contribution is 2.34. The molecule has 27 heavy (non-hydrogen) atoms. The van der Waals surface area contributed by atoms with Crippen molar-refractivity contribution in [2.24, 2.45) is 10.9 Å². The molecule has 2 heterocycles. The van der Waals surface area contributed by atoms with Gasteiger partial charge in [0.2, 0.25) is 0 Å². The zero-order chi connectivity index (χ0) is 18.5. The normalized spacial score (nSPS) is 20.9. The van der Waals surface area contributed by atoms with E-state index in [0.717, 1.165) is 42.2 Å². The van der Waals surface area contributed by atoms with E-state index in [9.17, 15) is 0 Å². The number of hydrogen-bond donors (Lipinski definition) is 0. The number of nitrogens with zero attached hydrogens (tertiary/aromatic N) is 2. The molecule has 0 bridgehead atoms. The van der Waals surface area contributed by atoms with Gasteiger partial charge in [-0.05, 0) is 55.6 Å². The van der Waals surface area contributed by atoms with Gasteiger partial charge >= 0.3 is 0 Å². The van der Waals surface area contributed by atoms with Gasteiger partial charge in [0.15, 0.2) is 11.5 Å².